The van der Waals surface area contributed by atoms with Gasteiger partial charge in [0.1, 0.15) is 0 Å². The fourth-order valence-corrected chi connectivity index (χ4v) is 5.55. The van der Waals surface area contributed by atoms with Gasteiger partial charge in [0.25, 0.3) is 11.8 Å². The Hall–Kier alpha value is -2.75. The summed E-state index contributed by atoms with van der Waals surface area (Å²) < 4.78 is 6.93. The minimum Gasteiger partial charge on any atom is -0.378 e. The van der Waals surface area contributed by atoms with Crippen molar-refractivity contribution in [3.8, 4) is 0 Å². The van der Waals surface area contributed by atoms with Crippen LogP contribution >= 0.6 is 23.1 Å². The third kappa shape index (κ3) is 3.38. The number of morpholine rings is 1. The number of thioether (sulfide) groups is 1. The molecule has 7 nitrogen and oxygen atoms in total. The number of amides is 3. The summed E-state index contributed by atoms with van der Waals surface area (Å²) in [4.78, 5) is 45.4. The molecule has 1 saturated heterocycles. The number of thiazole rings is 1. The number of carbonyl (C=O) groups excluding carboxylic acids is 3. The summed E-state index contributed by atoms with van der Waals surface area (Å²) in [6, 6.07) is 12.2. The molecule has 0 N–H and O–H groups in total. The molecule has 3 heterocycles. The van der Waals surface area contributed by atoms with Crippen LogP contribution in [0.2, 0.25) is 0 Å². The molecule has 3 aromatic rings. The summed E-state index contributed by atoms with van der Waals surface area (Å²) in [7, 11) is 0. The number of hydrogen-bond donors (Lipinski definition) is 0. The van der Waals surface area contributed by atoms with Crippen LogP contribution in [0.15, 0.2) is 46.8 Å². The second kappa shape index (κ2) is 7.82. The van der Waals surface area contributed by atoms with Crippen molar-refractivity contribution in [1.29, 1.82) is 0 Å². The molecular formula is C21H17N3O4S2. The van der Waals surface area contributed by atoms with Gasteiger partial charge in [-0.15, -0.1) is 11.3 Å². The average molecular weight is 440 g/mol. The normalized spacial score (nSPS) is 16.4. The maximum Gasteiger partial charge on any atom is 0.266 e. The molecule has 0 unspecified atom stereocenters. The van der Waals surface area contributed by atoms with E-state index in [4.69, 9.17) is 4.74 Å². The monoisotopic (exact) mass is 439 g/mol. The van der Waals surface area contributed by atoms with E-state index in [1.807, 2.05) is 11.0 Å². The topological polar surface area (TPSA) is 79.8 Å². The summed E-state index contributed by atoms with van der Waals surface area (Å²) >= 11 is 2.86. The van der Waals surface area contributed by atoms with E-state index in [0.717, 1.165) is 14.6 Å². The van der Waals surface area contributed by atoms with Crippen LogP contribution in [-0.2, 0) is 9.53 Å². The number of carbonyl (C=O) groups is 3. The van der Waals surface area contributed by atoms with Crippen molar-refractivity contribution in [1.82, 2.24) is 9.88 Å². The first-order valence-electron chi connectivity index (χ1n) is 9.48. The van der Waals surface area contributed by atoms with Crippen molar-refractivity contribution in [3.63, 3.8) is 0 Å². The van der Waals surface area contributed by atoms with E-state index in [9.17, 15) is 14.4 Å². The fourth-order valence-electron chi connectivity index (χ4n) is 3.54. The number of nitrogens with zero attached hydrogens (tertiary/aromatic N) is 3. The molecule has 0 aliphatic carbocycles. The van der Waals surface area contributed by atoms with Crippen molar-refractivity contribution in [2.45, 2.75) is 4.34 Å². The van der Waals surface area contributed by atoms with E-state index in [1.54, 1.807) is 36.4 Å². The van der Waals surface area contributed by atoms with Crippen LogP contribution < -0.4 is 4.90 Å². The second-order valence-corrected chi connectivity index (χ2v) is 9.16. The predicted molar refractivity (Wildman–Crippen MR) is 115 cm³/mol. The highest BCUT2D eigenvalue weighted by atomic mass is 32.2. The quantitative estimate of drug-likeness (QED) is 0.459. The first-order valence-corrected chi connectivity index (χ1v) is 11.3. The number of ether oxygens (including phenoxy) is 1. The Bertz CT molecular complexity index is 1140. The maximum absolute atomic E-state index is 12.7. The van der Waals surface area contributed by atoms with Crippen LogP contribution in [0, 0.1) is 0 Å². The lowest BCUT2D eigenvalue weighted by atomic mass is 10.1. The highest BCUT2D eigenvalue weighted by Gasteiger charge is 2.36. The van der Waals surface area contributed by atoms with Crippen molar-refractivity contribution in [2.24, 2.45) is 0 Å². The van der Waals surface area contributed by atoms with Gasteiger partial charge in [0.05, 0.1) is 46.0 Å². The molecule has 5 rings (SSSR count). The van der Waals surface area contributed by atoms with Crippen LogP contribution in [0.3, 0.4) is 0 Å². The zero-order valence-electron chi connectivity index (χ0n) is 15.9. The van der Waals surface area contributed by atoms with Crippen LogP contribution in [0.4, 0.5) is 5.69 Å². The Morgan fingerprint density at radius 3 is 2.47 bits per heavy atom. The van der Waals surface area contributed by atoms with E-state index in [1.165, 1.54) is 28.0 Å². The molecule has 0 spiro atoms. The number of fused-ring (bicyclic) bond motifs is 2. The fraction of sp³-hybridized carbons (Fsp3) is 0.238. The molecule has 3 amide bonds. The lowest BCUT2D eigenvalue weighted by Gasteiger charge is -2.26. The minimum atomic E-state index is -0.315. The van der Waals surface area contributed by atoms with Crippen molar-refractivity contribution < 1.29 is 19.1 Å². The zero-order valence-corrected chi connectivity index (χ0v) is 17.5. The van der Waals surface area contributed by atoms with Crippen molar-refractivity contribution in [3.05, 3.63) is 53.6 Å². The molecule has 0 radical (unpaired) electrons. The van der Waals surface area contributed by atoms with Crippen LogP contribution in [0.5, 0.6) is 0 Å². The molecule has 1 fully saturated rings. The Balaban J connectivity index is 1.34. The third-order valence-electron chi connectivity index (χ3n) is 5.09. The maximum atomic E-state index is 12.7. The van der Waals surface area contributed by atoms with Gasteiger partial charge in [-0.05, 0) is 30.3 Å². The molecule has 30 heavy (non-hydrogen) atoms. The Morgan fingerprint density at radius 2 is 1.77 bits per heavy atom. The summed E-state index contributed by atoms with van der Waals surface area (Å²) in [5.41, 5.74) is 2.15. The third-order valence-corrected chi connectivity index (χ3v) is 7.23. The summed E-state index contributed by atoms with van der Waals surface area (Å²) in [6.45, 7) is 2.42. The van der Waals surface area contributed by atoms with Crippen molar-refractivity contribution in [2.75, 3.05) is 37.0 Å². The molecule has 0 saturated carbocycles. The number of rotatable bonds is 4. The smallest absolute Gasteiger partial charge is 0.266 e. The molecule has 0 bridgehead atoms. The van der Waals surface area contributed by atoms with Gasteiger partial charge in [-0.25, -0.2) is 9.88 Å². The summed E-state index contributed by atoms with van der Waals surface area (Å²) in [5, 5.41) is 0. The Morgan fingerprint density at radius 1 is 1.07 bits per heavy atom. The lowest BCUT2D eigenvalue weighted by molar-refractivity contribution is -0.132. The van der Waals surface area contributed by atoms with E-state index in [2.05, 4.69) is 4.98 Å². The van der Waals surface area contributed by atoms with Gasteiger partial charge in [-0.3, -0.25) is 14.4 Å². The number of anilines is 1. The summed E-state index contributed by atoms with van der Waals surface area (Å²) in [5.74, 6) is -0.227. The Labute approximate surface area is 180 Å². The van der Waals surface area contributed by atoms with Crippen molar-refractivity contribution >= 4 is 56.7 Å². The van der Waals surface area contributed by atoms with E-state index >= 15 is 0 Å². The van der Waals surface area contributed by atoms with Crippen LogP contribution in [0.1, 0.15) is 20.7 Å². The first-order chi connectivity index (χ1) is 14.6. The van der Waals surface area contributed by atoms with E-state index in [0.29, 0.717) is 48.9 Å². The first kappa shape index (κ1) is 19.2. The molecule has 1 aromatic heterocycles. The predicted octanol–water partition coefficient (Wildman–Crippen LogP) is 3.05. The second-order valence-electron chi connectivity index (χ2n) is 6.90. The Kier molecular flexibility index (Phi) is 5.01. The number of benzene rings is 2. The zero-order chi connectivity index (χ0) is 20.7. The largest absolute Gasteiger partial charge is 0.378 e. The van der Waals surface area contributed by atoms with Gasteiger partial charge in [-0.1, -0.05) is 23.9 Å². The molecule has 0 atom stereocenters. The highest BCUT2D eigenvalue weighted by molar-refractivity contribution is 8.01. The number of hydrogen-bond acceptors (Lipinski definition) is 7. The molecule has 9 heteroatoms. The van der Waals surface area contributed by atoms with Gasteiger partial charge in [-0.2, -0.15) is 0 Å². The molecule has 2 aromatic carbocycles. The van der Waals surface area contributed by atoms with E-state index in [-0.39, 0.29) is 17.7 Å². The molecular weight excluding hydrogens is 422 g/mol. The SMILES string of the molecule is O=C(CSc1nc2ccc(N3C(=O)c4ccccc4C3=O)cc2s1)N1CCOCC1. The van der Waals surface area contributed by atoms with Gasteiger partial charge in [0.2, 0.25) is 5.91 Å². The van der Waals surface area contributed by atoms with Crippen LogP contribution in [0.25, 0.3) is 10.2 Å². The standard InChI is InChI=1S/C21H17N3O4S2/c25-18(23-7-9-28-10-8-23)12-29-21-22-16-6-5-13(11-17(16)30-21)24-19(26)14-3-1-2-4-15(14)20(24)27/h1-6,11H,7-10,12H2. The average Bonchev–Trinajstić information content (AvgIpc) is 3.30. The van der Waals surface area contributed by atoms with Gasteiger partial charge < -0.3 is 9.64 Å². The van der Waals surface area contributed by atoms with E-state index < -0.39 is 0 Å². The van der Waals surface area contributed by atoms with Crippen LogP contribution in [-0.4, -0.2) is 59.7 Å². The molecule has 152 valence electrons. The lowest BCUT2D eigenvalue weighted by Crippen LogP contribution is -2.41. The minimum absolute atomic E-state index is 0.0780. The molecule has 2 aliphatic heterocycles. The number of aromatic nitrogens is 1. The van der Waals surface area contributed by atoms with Gasteiger partial charge in [0.15, 0.2) is 4.34 Å². The molecule has 2 aliphatic rings. The highest BCUT2D eigenvalue weighted by Crippen LogP contribution is 2.35. The van der Waals surface area contributed by atoms with Gasteiger partial charge in [0, 0.05) is 13.1 Å². The van der Waals surface area contributed by atoms with Gasteiger partial charge >= 0.3 is 0 Å². The summed E-state index contributed by atoms with van der Waals surface area (Å²) in [6.07, 6.45) is 0. The number of imide groups is 1.